The second-order valence-electron chi connectivity index (χ2n) is 5.37. The number of rotatable bonds is 3. The average Bonchev–Trinajstić information content (AvgIpc) is 2.28. The van der Waals surface area contributed by atoms with Gasteiger partial charge < -0.3 is 10.2 Å². The Kier molecular flexibility index (Phi) is 3.90. The molecule has 1 N–H and O–H groups in total. The van der Waals surface area contributed by atoms with Gasteiger partial charge in [-0.25, -0.2) is 0 Å². The molecule has 5 nitrogen and oxygen atoms in total. The van der Waals surface area contributed by atoms with Crippen molar-refractivity contribution in [3.63, 3.8) is 0 Å². The van der Waals surface area contributed by atoms with Gasteiger partial charge in [-0.05, 0) is 31.4 Å². The van der Waals surface area contributed by atoms with E-state index >= 15 is 0 Å². The molecular weight excluding hydrogens is 250 g/mol. The van der Waals surface area contributed by atoms with Crippen molar-refractivity contribution in [2.24, 2.45) is 0 Å². The molecule has 1 aromatic heterocycles. The molecule has 1 aliphatic carbocycles. The van der Waals surface area contributed by atoms with Crippen LogP contribution in [0.3, 0.4) is 0 Å². The van der Waals surface area contributed by atoms with Gasteiger partial charge in [0, 0.05) is 19.6 Å². The van der Waals surface area contributed by atoms with Crippen molar-refractivity contribution in [1.29, 1.82) is 0 Å². The Morgan fingerprint density at radius 2 is 1.78 bits per heavy atom. The SMILES string of the molecule is CN(C)c1nc(Cl)nc(NC2(C)CCCCC2)n1. The van der Waals surface area contributed by atoms with Crippen molar-refractivity contribution in [2.45, 2.75) is 44.6 Å². The van der Waals surface area contributed by atoms with E-state index in [0.717, 1.165) is 12.8 Å². The molecule has 1 heterocycles. The van der Waals surface area contributed by atoms with Crippen LogP contribution < -0.4 is 10.2 Å². The first-order valence-electron chi connectivity index (χ1n) is 6.36. The zero-order valence-electron chi connectivity index (χ0n) is 11.2. The Labute approximate surface area is 113 Å². The summed E-state index contributed by atoms with van der Waals surface area (Å²) >= 11 is 5.93. The maximum Gasteiger partial charge on any atom is 0.230 e. The Morgan fingerprint density at radius 1 is 1.11 bits per heavy atom. The lowest BCUT2D eigenvalue weighted by Crippen LogP contribution is -2.37. The van der Waals surface area contributed by atoms with Crippen molar-refractivity contribution in [3.05, 3.63) is 5.28 Å². The highest BCUT2D eigenvalue weighted by atomic mass is 35.5. The molecular formula is C12H20ClN5. The summed E-state index contributed by atoms with van der Waals surface area (Å²) in [5.41, 5.74) is 0.0759. The molecule has 0 unspecified atom stereocenters. The molecule has 1 aromatic rings. The van der Waals surface area contributed by atoms with Gasteiger partial charge in [0.2, 0.25) is 17.2 Å². The van der Waals surface area contributed by atoms with Crippen LogP contribution in [0.15, 0.2) is 0 Å². The molecule has 1 fully saturated rings. The third-order valence-corrected chi connectivity index (χ3v) is 3.54. The molecule has 0 amide bonds. The highest BCUT2D eigenvalue weighted by molar-refractivity contribution is 6.28. The lowest BCUT2D eigenvalue weighted by atomic mass is 9.83. The van der Waals surface area contributed by atoms with Gasteiger partial charge in [-0.3, -0.25) is 0 Å². The zero-order valence-corrected chi connectivity index (χ0v) is 12.0. The number of nitrogens with zero attached hydrogens (tertiary/aromatic N) is 4. The number of aromatic nitrogens is 3. The van der Waals surface area contributed by atoms with E-state index in [4.69, 9.17) is 11.6 Å². The summed E-state index contributed by atoms with van der Waals surface area (Å²) in [7, 11) is 3.77. The van der Waals surface area contributed by atoms with Gasteiger partial charge in [0.15, 0.2) is 0 Å². The topological polar surface area (TPSA) is 53.9 Å². The van der Waals surface area contributed by atoms with Crippen molar-refractivity contribution in [1.82, 2.24) is 15.0 Å². The van der Waals surface area contributed by atoms with Crippen LogP contribution >= 0.6 is 11.6 Å². The highest BCUT2D eigenvalue weighted by Crippen LogP contribution is 2.30. The molecule has 2 rings (SSSR count). The predicted octanol–water partition coefficient (Wildman–Crippen LogP) is 2.73. The van der Waals surface area contributed by atoms with Crippen LogP contribution in [0.25, 0.3) is 0 Å². The predicted molar refractivity (Wildman–Crippen MR) is 74.3 cm³/mol. The summed E-state index contributed by atoms with van der Waals surface area (Å²) in [6, 6.07) is 0. The van der Waals surface area contributed by atoms with Crippen LogP contribution in [0.1, 0.15) is 39.0 Å². The molecule has 6 heteroatoms. The van der Waals surface area contributed by atoms with Crippen LogP contribution in [0, 0.1) is 0 Å². The zero-order chi connectivity index (χ0) is 13.2. The molecule has 0 atom stereocenters. The summed E-state index contributed by atoms with van der Waals surface area (Å²) < 4.78 is 0. The van der Waals surface area contributed by atoms with E-state index in [1.54, 1.807) is 0 Å². The number of nitrogens with one attached hydrogen (secondary N) is 1. The average molecular weight is 270 g/mol. The van der Waals surface area contributed by atoms with Crippen LogP contribution in [0.5, 0.6) is 0 Å². The smallest absolute Gasteiger partial charge is 0.230 e. The Hall–Kier alpha value is -1.10. The Bertz CT molecular complexity index is 415. The third kappa shape index (κ3) is 3.22. The summed E-state index contributed by atoms with van der Waals surface area (Å²) in [6.07, 6.45) is 6.12. The fourth-order valence-electron chi connectivity index (χ4n) is 2.32. The standard InChI is InChI=1S/C12H20ClN5/c1-12(7-5-4-6-8-12)17-10-14-9(13)15-11(16-10)18(2)3/h4-8H2,1-3H3,(H,14,15,16,17). The van der Waals surface area contributed by atoms with Gasteiger partial charge in [0.05, 0.1) is 0 Å². The minimum absolute atomic E-state index is 0.0759. The largest absolute Gasteiger partial charge is 0.349 e. The number of hydrogen-bond acceptors (Lipinski definition) is 5. The number of halogens is 1. The van der Waals surface area contributed by atoms with E-state index in [1.807, 2.05) is 19.0 Å². The first kappa shape index (κ1) is 13.3. The van der Waals surface area contributed by atoms with Crippen molar-refractivity contribution >= 4 is 23.5 Å². The van der Waals surface area contributed by atoms with E-state index in [2.05, 4.69) is 27.2 Å². The lowest BCUT2D eigenvalue weighted by molar-refractivity contribution is 0.347. The van der Waals surface area contributed by atoms with Gasteiger partial charge in [0.1, 0.15) is 0 Å². The maximum atomic E-state index is 5.93. The molecule has 0 radical (unpaired) electrons. The fourth-order valence-corrected chi connectivity index (χ4v) is 2.48. The monoisotopic (exact) mass is 269 g/mol. The number of anilines is 2. The third-order valence-electron chi connectivity index (χ3n) is 3.37. The second-order valence-corrected chi connectivity index (χ2v) is 5.71. The van der Waals surface area contributed by atoms with Gasteiger partial charge >= 0.3 is 0 Å². The van der Waals surface area contributed by atoms with E-state index in [-0.39, 0.29) is 10.8 Å². The summed E-state index contributed by atoms with van der Waals surface area (Å²) in [4.78, 5) is 14.4. The van der Waals surface area contributed by atoms with Crippen LogP contribution in [0.2, 0.25) is 5.28 Å². The molecule has 0 bridgehead atoms. The minimum atomic E-state index is 0.0759. The summed E-state index contributed by atoms with van der Waals surface area (Å²) in [5.74, 6) is 1.15. The van der Waals surface area contributed by atoms with Gasteiger partial charge in [-0.15, -0.1) is 0 Å². The minimum Gasteiger partial charge on any atom is -0.349 e. The van der Waals surface area contributed by atoms with Crippen molar-refractivity contribution in [2.75, 3.05) is 24.3 Å². The van der Waals surface area contributed by atoms with Crippen molar-refractivity contribution in [3.8, 4) is 0 Å². The Morgan fingerprint density at radius 3 is 2.39 bits per heavy atom. The lowest BCUT2D eigenvalue weighted by Gasteiger charge is -2.34. The van der Waals surface area contributed by atoms with Crippen LogP contribution in [-0.2, 0) is 0 Å². The first-order valence-corrected chi connectivity index (χ1v) is 6.73. The first-order chi connectivity index (χ1) is 8.48. The van der Waals surface area contributed by atoms with Crippen LogP contribution in [0.4, 0.5) is 11.9 Å². The molecule has 0 spiro atoms. The maximum absolute atomic E-state index is 5.93. The summed E-state index contributed by atoms with van der Waals surface area (Å²) in [6.45, 7) is 2.22. The van der Waals surface area contributed by atoms with E-state index in [0.29, 0.717) is 11.9 Å². The molecule has 0 saturated heterocycles. The van der Waals surface area contributed by atoms with E-state index in [9.17, 15) is 0 Å². The molecule has 18 heavy (non-hydrogen) atoms. The Balaban J connectivity index is 2.17. The van der Waals surface area contributed by atoms with Gasteiger partial charge in [-0.2, -0.15) is 15.0 Å². The summed E-state index contributed by atoms with van der Waals surface area (Å²) in [5, 5.41) is 3.65. The number of hydrogen-bond donors (Lipinski definition) is 1. The normalized spacial score (nSPS) is 18.4. The molecule has 100 valence electrons. The van der Waals surface area contributed by atoms with Crippen LogP contribution in [-0.4, -0.2) is 34.6 Å². The quantitative estimate of drug-likeness (QED) is 0.914. The fraction of sp³-hybridized carbons (Fsp3) is 0.750. The molecule has 0 aliphatic heterocycles. The van der Waals surface area contributed by atoms with E-state index in [1.165, 1.54) is 19.3 Å². The van der Waals surface area contributed by atoms with Gasteiger partial charge in [0.25, 0.3) is 0 Å². The molecule has 1 saturated carbocycles. The second kappa shape index (κ2) is 5.26. The van der Waals surface area contributed by atoms with E-state index < -0.39 is 0 Å². The molecule has 0 aromatic carbocycles. The van der Waals surface area contributed by atoms with Gasteiger partial charge in [-0.1, -0.05) is 19.3 Å². The highest BCUT2D eigenvalue weighted by Gasteiger charge is 2.27. The van der Waals surface area contributed by atoms with Crippen molar-refractivity contribution < 1.29 is 0 Å². The molecule has 1 aliphatic rings.